The number of hydrogen-bond donors (Lipinski definition) is 0. The van der Waals surface area contributed by atoms with Gasteiger partial charge in [-0.15, -0.1) is 0 Å². The Morgan fingerprint density at radius 3 is 1.62 bits per heavy atom. The van der Waals surface area contributed by atoms with Gasteiger partial charge in [0.2, 0.25) is 0 Å². The van der Waals surface area contributed by atoms with E-state index in [1.54, 1.807) is 0 Å². The van der Waals surface area contributed by atoms with Gasteiger partial charge in [0.1, 0.15) is 0 Å². The third-order valence-corrected chi connectivity index (χ3v) is 11.3. The molecule has 1 saturated carbocycles. The first-order chi connectivity index (χ1) is 3.46. The minimum absolute atomic E-state index is 0.748. The Bertz CT molecular complexity index is 96.3. The molecule has 1 aliphatic rings. The minimum atomic E-state index is -0.748. The Hall–Kier alpha value is 0.760. The SMILES string of the molecule is C[Si](C)(C)[C]1([Ge])CC1. The van der Waals surface area contributed by atoms with Crippen LogP contribution in [0.5, 0.6) is 0 Å². The summed E-state index contributed by atoms with van der Waals surface area (Å²) < 4.78 is 0.826. The molecule has 0 aromatic rings. The van der Waals surface area contributed by atoms with Crippen molar-refractivity contribution in [2.24, 2.45) is 0 Å². The zero-order valence-electron chi connectivity index (χ0n) is 5.91. The Kier molecular flexibility index (Phi) is 1.40. The number of rotatable bonds is 1. The molecule has 3 radical (unpaired) electrons. The van der Waals surface area contributed by atoms with E-state index in [1.807, 2.05) is 0 Å². The van der Waals surface area contributed by atoms with Gasteiger partial charge in [0.05, 0.1) is 0 Å². The molecule has 0 aliphatic heterocycles. The molecule has 1 aliphatic carbocycles. The second-order valence-corrected chi connectivity index (χ2v) is 12.3. The van der Waals surface area contributed by atoms with Crippen molar-refractivity contribution < 1.29 is 0 Å². The van der Waals surface area contributed by atoms with E-state index >= 15 is 0 Å². The fraction of sp³-hybridized carbons (Fsp3) is 1.00. The molecule has 0 nitrogen and oxygen atoms in total. The Morgan fingerprint density at radius 1 is 1.25 bits per heavy atom. The van der Waals surface area contributed by atoms with Crippen LogP contribution in [0.15, 0.2) is 0 Å². The average molecular weight is 186 g/mol. The first-order valence-electron chi connectivity index (χ1n) is 3.21. The summed E-state index contributed by atoms with van der Waals surface area (Å²) in [4.78, 5) is 0. The van der Waals surface area contributed by atoms with Crippen LogP contribution in [0.2, 0.25) is 23.5 Å². The topological polar surface area (TPSA) is 0 Å². The molecule has 0 heterocycles. The van der Waals surface area contributed by atoms with E-state index in [2.05, 4.69) is 36.2 Å². The van der Waals surface area contributed by atoms with Crippen LogP contribution in [0.4, 0.5) is 0 Å². The van der Waals surface area contributed by atoms with Crippen LogP contribution < -0.4 is 0 Å². The average Bonchev–Trinajstić information content (AvgIpc) is 2.16. The maximum atomic E-state index is 2.47. The van der Waals surface area contributed by atoms with Crippen LogP contribution in [0.25, 0.3) is 0 Å². The molecule has 0 N–H and O–H groups in total. The first kappa shape index (κ1) is 6.87. The van der Waals surface area contributed by atoms with Crippen molar-refractivity contribution in [1.29, 1.82) is 0 Å². The van der Waals surface area contributed by atoms with Crippen LogP contribution >= 0.6 is 0 Å². The Labute approximate surface area is 61.3 Å². The van der Waals surface area contributed by atoms with E-state index in [0.29, 0.717) is 0 Å². The van der Waals surface area contributed by atoms with E-state index in [1.165, 1.54) is 12.8 Å². The van der Waals surface area contributed by atoms with E-state index in [0.717, 1.165) is 3.87 Å². The van der Waals surface area contributed by atoms with Crippen LogP contribution in [0.3, 0.4) is 0 Å². The third-order valence-electron chi connectivity index (χ3n) is 2.19. The van der Waals surface area contributed by atoms with E-state index < -0.39 is 8.07 Å². The van der Waals surface area contributed by atoms with Gasteiger partial charge in [-0.25, -0.2) is 0 Å². The Morgan fingerprint density at radius 2 is 1.62 bits per heavy atom. The van der Waals surface area contributed by atoms with Crippen LogP contribution in [0.1, 0.15) is 12.8 Å². The number of hydrogen-bond acceptors (Lipinski definition) is 0. The molecule has 0 aromatic heterocycles. The monoisotopic (exact) mass is 187 g/mol. The molecular formula is C6H13GeSi. The summed E-state index contributed by atoms with van der Waals surface area (Å²) in [6.07, 6.45) is 3.01. The van der Waals surface area contributed by atoms with Crippen molar-refractivity contribution in [3.05, 3.63) is 0 Å². The molecule has 1 rings (SSSR count). The molecule has 45 valence electrons. The van der Waals surface area contributed by atoms with E-state index in [-0.39, 0.29) is 0 Å². The van der Waals surface area contributed by atoms with E-state index in [4.69, 9.17) is 0 Å². The molecule has 1 fully saturated rings. The van der Waals surface area contributed by atoms with Crippen molar-refractivity contribution >= 4 is 24.6 Å². The summed E-state index contributed by atoms with van der Waals surface area (Å²) in [6, 6.07) is 0. The zero-order chi connectivity index (χ0) is 6.41. The second kappa shape index (κ2) is 1.63. The van der Waals surface area contributed by atoms with Gasteiger partial charge in [-0.05, 0) is 0 Å². The molecule has 0 spiro atoms. The standard InChI is InChI=1S/C6H13GeSi/c1-8(2,3)6(7)4-5-6/h4-5H2,1-3H3. The fourth-order valence-electron chi connectivity index (χ4n) is 0.875. The van der Waals surface area contributed by atoms with Crippen molar-refractivity contribution in [3.8, 4) is 0 Å². The molecule has 0 bridgehead atoms. The molecule has 0 aromatic carbocycles. The van der Waals surface area contributed by atoms with Crippen molar-refractivity contribution in [3.63, 3.8) is 0 Å². The molecular weight excluding hydrogens is 173 g/mol. The molecule has 0 amide bonds. The van der Waals surface area contributed by atoms with Gasteiger partial charge in [0.15, 0.2) is 0 Å². The quantitative estimate of drug-likeness (QED) is 0.549. The molecule has 8 heavy (non-hydrogen) atoms. The summed E-state index contributed by atoms with van der Waals surface area (Å²) in [7, 11) is -0.748. The van der Waals surface area contributed by atoms with Gasteiger partial charge in [0.25, 0.3) is 0 Å². The molecule has 2 heteroatoms. The van der Waals surface area contributed by atoms with Crippen LogP contribution in [-0.4, -0.2) is 24.6 Å². The van der Waals surface area contributed by atoms with E-state index in [9.17, 15) is 0 Å². The van der Waals surface area contributed by atoms with Crippen LogP contribution in [0, 0.1) is 0 Å². The predicted molar refractivity (Wildman–Crippen MR) is 41.0 cm³/mol. The molecule has 0 atom stereocenters. The predicted octanol–water partition coefficient (Wildman–Crippen LogP) is 1.98. The van der Waals surface area contributed by atoms with Gasteiger partial charge < -0.3 is 0 Å². The Balaban J connectivity index is 2.58. The summed E-state index contributed by atoms with van der Waals surface area (Å²) in [5.41, 5.74) is 0. The van der Waals surface area contributed by atoms with Crippen molar-refractivity contribution in [2.75, 3.05) is 0 Å². The molecule has 0 saturated heterocycles. The van der Waals surface area contributed by atoms with Crippen molar-refractivity contribution in [2.45, 2.75) is 36.4 Å². The van der Waals surface area contributed by atoms with Crippen LogP contribution in [-0.2, 0) is 0 Å². The summed E-state index contributed by atoms with van der Waals surface area (Å²) in [6.45, 7) is 7.42. The fourth-order valence-corrected chi connectivity index (χ4v) is 2.76. The summed E-state index contributed by atoms with van der Waals surface area (Å²) in [5, 5.41) is 0. The maximum absolute atomic E-state index is 2.47. The van der Waals surface area contributed by atoms with Gasteiger partial charge in [-0.2, -0.15) is 0 Å². The third kappa shape index (κ3) is 1.03. The zero-order valence-corrected chi connectivity index (χ0v) is 9.01. The summed E-state index contributed by atoms with van der Waals surface area (Å²) >= 11 is 2.44. The first-order valence-corrected chi connectivity index (χ1v) is 7.76. The van der Waals surface area contributed by atoms with Gasteiger partial charge in [-0.1, -0.05) is 0 Å². The second-order valence-electron chi connectivity index (χ2n) is 3.83. The summed E-state index contributed by atoms with van der Waals surface area (Å²) in [5.74, 6) is 0. The van der Waals surface area contributed by atoms with Gasteiger partial charge >= 0.3 is 60.9 Å². The molecule has 0 unspecified atom stereocenters. The van der Waals surface area contributed by atoms with Gasteiger partial charge in [0, 0.05) is 0 Å². The van der Waals surface area contributed by atoms with Gasteiger partial charge in [-0.3, -0.25) is 0 Å². The normalized spacial score (nSPS) is 25.5. The van der Waals surface area contributed by atoms with Crippen molar-refractivity contribution in [1.82, 2.24) is 0 Å².